The minimum atomic E-state index is -1.01. The maximum atomic E-state index is 12.7. The van der Waals surface area contributed by atoms with Crippen molar-refractivity contribution in [1.82, 2.24) is 4.57 Å². The van der Waals surface area contributed by atoms with E-state index in [4.69, 9.17) is 16.7 Å². The third kappa shape index (κ3) is 2.91. The first-order valence-corrected chi connectivity index (χ1v) is 7.18. The van der Waals surface area contributed by atoms with Gasteiger partial charge in [-0.1, -0.05) is 11.6 Å². The molecular weight excluding hydrogens is 318 g/mol. The molecule has 0 aliphatic heterocycles. The lowest BCUT2D eigenvalue weighted by Gasteiger charge is -2.04. The number of hydrogen-bond donors (Lipinski definition) is 2. The number of phenols is 1. The van der Waals surface area contributed by atoms with Gasteiger partial charge in [0.2, 0.25) is 0 Å². The Morgan fingerprint density at radius 1 is 1.09 bits per heavy atom. The zero-order valence-corrected chi connectivity index (χ0v) is 12.6. The Morgan fingerprint density at radius 2 is 1.78 bits per heavy atom. The number of aromatic nitrogens is 1. The largest absolute Gasteiger partial charge is 0.508 e. The summed E-state index contributed by atoms with van der Waals surface area (Å²) in [6.07, 6.45) is 1.26. The molecule has 0 aliphatic carbocycles. The molecule has 5 nitrogen and oxygen atoms in total. The monoisotopic (exact) mass is 329 g/mol. The van der Waals surface area contributed by atoms with E-state index < -0.39 is 5.97 Å². The predicted octanol–water partition coefficient (Wildman–Crippen LogP) is 3.32. The Labute approximate surface area is 136 Å². The van der Waals surface area contributed by atoms with E-state index in [0.717, 1.165) is 0 Å². The molecule has 0 spiro atoms. The molecule has 0 amide bonds. The number of rotatable bonds is 3. The maximum absolute atomic E-state index is 12.7. The van der Waals surface area contributed by atoms with E-state index >= 15 is 0 Å². The van der Waals surface area contributed by atoms with Crippen molar-refractivity contribution in [3.63, 3.8) is 0 Å². The molecule has 116 valence electrons. The highest BCUT2D eigenvalue weighted by Crippen LogP contribution is 2.27. The number of halogens is 1. The standard InChI is InChI=1S/C17H12ClNO4/c18-12-3-1-10(2-4-12)17(23)19-9-11(7-16(21)22)14-8-13(20)5-6-15(14)19/h1-6,8-9,20H,7H2,(H,21,22). The number of fused-ring (bicyclic) bond motifs is 1. The van der Waals surface area contributed by atoms with Crippen LogP contribution < -0.4 is 0 Å². The third-order valence-electron chi connectivity index (χ3n) is 3.52. The van der Waals surface area contributed by atoms with Crippen molar-refractivity contribution in [1.29, 1.82) is 0 Å². The minimum absolute atomic E-state index is 0.0147. The van der Waals surface area contributed by atoms with Crippen LogP contribution in [0.5, 0.6) is 5.75 Å². The molecule has 0 atom stereocenters. The van der Waals surface area contributed by atoms with Gasteiger partial charge in [-0.2, -0.15) is 0 Å². The first-order chi connectivity index (χ1) is 11.0. The van der Waals surface area contributed by atoms with E-state index in [1.54, 1.807) is 30.3 Å². The lowest BCUT2D eigenvalue weighted by molar-refractivity contribution is -0.136. The first kappa shape index (κ1) is 15.1. The van der Waals surface area contributed by atoms with E-state index in [-0.39, 0.29) is 18.1 Å². The molecule has 1 heterocycles. The van der Waals surface area contributed by atoms with Crippen molar-refractivity contribution in [2.75, 3.05) is 0 Å². The average Bonchev–Trinajstić information content (AvgIpc) is 2.84. The second-order valence-corrected chi connectivity index (χ2v) is 5.54. The Kier molecular flexibility index (Phi) is 3.80. The molecular formula is C17H12ClNO4. The number of carboxylic acids is 1. The number of carboxylic acid groups (broad SMARTS) is 1. The van der Waals surface area contributed by atoms with Crippen LogP contribution in [0.1, 0.15) is 15.9 Å². The van der Waals surface area contributed by atoms with Gasteiger partial charge in [0.1, 0.15) is 5.75 Å². The average molecular weight is 330 g/mol. The number of aliphatic carboxylic acids is 1. The molecule has 1 aromatic heterocycles. The van der Waals surface area contributed by atoms with E-state index in [2.05, 4.69) is 0 Å². The van der Waals surface area contributed by atoms with Gasteiger partial charge in [-0.05, 0) is 48.0 Å². The van der Waals surface area contributed by atoms with Crippen LogP contribution in [0, 0.1) is 0 Å². The van der Waals surface area contributed by atoms with Gasteiger partial charge in [-0.3, -0.25) is 14.2 Å². The van der Waals surface area contributed by atoms with Gasteiger partial charge >= 0.3 is 5.97 Å². The number of aromatic hydroxyl groups is 1. The molecule has 0 aliphatic rings. The highest BCUT2D eigenvalue weighted by atomic mass is 35.5. The first-order valence-electron chi connectivity index (χ1n) is 6.81. The van der Waals surface area contributed by atoms with Gasteiger partial charge < -0.3 is 10.2 Å². The number of carbonyl (C=O) groups is 2. The van der Waals surface area contributed by atoms with Crippen molar-refractivity contribution < 1.29 is 19.8 Å². The normalized spacial score (nSPS) is 10.8. The van der Waals surface area contributed by atoms with Gasteiger partial charge in [-0.15, -0.1) is 0 Å². The van der Waals surface area contributed by atoms with Crippen LogP contribution in [0.3, 0.4) is 0 Å². The van der Waals surface area contributed by atoms with Crippen LogP contribution >= 0.6 is 11.6 Å². The van der Waals surface area contributed by atoms with Crippen LogP contribution in [0.4, 0.5) is 0 Å². The molecule has 6 heteroatoms. The van der Waals surface area contributed by atoms with Crippen LogP contribution in [-0.4, -0.2) is 26.7 Å². The number of hydrogen-bond acceptors (Lipinski definition) is 3. The minimum Gasteiger partial charge on any atom is -0.508 e. The molecule has 0 fully saturated rings. The van der Waals surface area contributed by atoms with Crippen molar-refractivity contribution >= 4 is 34.4 Å². The summed E-state index contributed by atoms with van der Waals surface area (Å²) in [6.45, 7) is 0. The molecule has 23 heavy (non-hydrogen) atoms. The number of carbonyl (C=O) groups excluding carboxylic acids is 1. The summed E-state index contributed by atoms with van der Waals surface area (Å²) < 4.78 is 1.39. The fourth-order valence-corrected chi connectivity index (χ4v) is 2.62. The zero-order valence-electron chi connectivity index (χ0n) is 11.9. The van der Waals surface area contributed by atoms with E-state index in [1.165, 1.54) is 22.9 Å². The zero-order chi connectivity index (χ0) is 16.6. The summed E-state index contributed by atoms with van der Waals surface area (Å²) >= 11 is 5.83. The Morgan fingerprint density at radius 3 is 2.43 bits per heavy atom. The summed E-state index contributed by atoms with van der Waals surface area (Å²) in [6, 6.07) is 10.9. The van der Waals surface area contributed by atoms with Crippen molar-refractivity contribution in [3.8, 4) is 5.75 Å². The van der Waals surface area contributed by atoms with Gasteiger partial charge in [0.15, 0.2) is 0 Å². The van der Waals surface area contributed by atoms with Crippen molar-refractivity contribution in [3.05, 3.63) is 64.8 Å². The second-order valence-electron chi connectivity index (χ2n) is 5.11. The SMILES string of the molecule is O=C(O)Cc1cn(C(=O)c2ccc(Cl)cc2)c2ccc(O)cc12. The number of nitrogens with zero attached hydrogens (tertiary/aromatic N) is 1. The van der Waals surface area contributed by atoms with Gasteiger partial charge in [-0.25, -0.2) is 0 Å². The molecule has 2 N–H and O–H groups in total. The molecule has 0 saturated heterocycles. The summed E-state index contributed by atoms with van der Waals surface area (Å²) in [5.41, 5.74) is 1.44. The van der Waals surface area contributed by atoms with Gasteiger partial charge in [0.05, 0.1) is 11.9 Å². The predicted molar refractivity (Wildman–Crippen MR) is 86.1 cm³/mol. The maximum Gasteiger partial charge on any atom is 0.307 e. The quantitative estimate of drug-likeness (QED) is 0.772. The van der Waals surface area contributed by atoms with E-state index in [9.17, 15) is 14.7 Å². The highest BCUT2D eigenvalue weighted by molar-refractivity contribution is 6.30. The Bertz CT molecular complexity index is 912. The molecule has 3 rings (SSSR count). The lowest BCUT2D eigenvalue weighted by Crippen LogP contribution is -2.10. The third-order valence-corrected chi connectivity index (χ3v) is 3.77. The van der Waals surface area contributed by atoms with E-state index in [1.807, 2.05) is 0 Å². The molecule has 0 saturated carbocycles. The van der Waals surface area contributed by atoms with Crippen LogP contribution in [-0.2, 0) is 11.2 Å². The molecule has 0 radical (unpaired) electrons. The fourth-order valence-electron chi connectivity index (χ4n) is 2.49. The van der Waals surface area contributed by atoms with Gasteiger partial charge in [0.25, 0.3) is 5.91 Å². The second kappa shape index (κ2) is 5.78. The number of benzene rings is 2. The van der Waals surface area contributed by atoms with Crippen molar-refractivity contribution in [2.45, 2.75) is 6.42 Å². The lowest BCUT2D eigenvalue weighted by atomic mass is 10.1. The Balaban J connectivity index is 2.15. The summed E-state index contributed by atoms with van der Waals surface area (Å²) in [7, 11) is 0. The van der Waals surface area contributed by atoms with Crippen LogP contribution in [0.2, 0.25) is 5.02 Å². The summed E-state index contributed by atoms with van der Waals surface area (Å²) in [5.74, 6) is -1.29. The van der Waals surface area contributed by atoms with Gasteiger partial charge in [0, 0.05) is 22.2 Å². The molecule has 3 aromatic rings. The van der Waals surface area contributed by atoms with E-state index in [0.29, 0.717) is 27.1 Å². The van der Waals surface area contributed by atoms with Crippen molar-refractivity contribution in [2.24, 2.45) is 0 Å². The molecule has 2 aromatic carbocycles. The smallest absolute Gasteiger partial charge is 0.307 e. The summed E-state index contributed by atoms with van der Waals surface area (Å²) in [5, 5.41) is 19.7. The summed E-state index contributed by atoms with van der Waals surface area (Å²) in [4.78, 5) is 23.7. The molecule has 0 bridgehead atoms. The fraction of sp³-hybridized carbons (Fsp3) is 0.0588. The topological polar surface area (TPSA) is 79.5 Å². The van der Waals surface area contributed by atoms with Crippen LogP contribution in [0.15, 0.2) is 48.7 Å². The Hall–Kier alpha value is -2.79. The molecule has 0 unspecified atom stereocenters. The van der Waals surface area contributed by atoms with Crippen LogP contribution in [0.25, 0.3) is 10.9 Å². The highest BCUT2D eigenvalue weighted by Gasteiger charge is 2.17. The number of phenolic OH excluding ortho intramolecular Hbond substituents is 1.